The second-order valence-corrected chi connectivity index (χ2v) is 5.47. The molecule has 1 aromatic rings. The number of benzene rings is 1. The number of carbonyl (C=O) groups excluding carboxylic acids is 1. The van der Waals surface area contributed by atoms with Gasteiger partial charge in [-0.1, -0.05) is 19.9 Å². The van der Waals surface area contributed by atoms with Crippen LogP contribution in [0.15, 0.2) is 18.2 Å². The summed E-state index contributed by atoms with van der Waals surface area (Å²) in [5.41, 5.74) is 2.60. The van der Waals surface area contributed by atoms with Crippen molar-refractivity contribution in [1.82, 2.24) is 5.32 Å². The number of hydrogen-bond acceptors (Lipinski definition) is 3. The van der Waals surface area contributed by atoms with E-state index in [1.165, 1.54) is 11.1 Å². The molecule has 1 amide bonds. The van der Waals surface area contributed by atoms with Crippen LogP contribution in [0.5, 0.6) is 5.75 Å². The van der Waals surface area contributed by atoms with Gasteiger partial charge < -0.3 is 14.8 Å². The highest BCUT2D eigenvalue weighted by atomic mass is 16.5. The molecule has 0 saturated carbocycles. The van der Waals surface area contributed by atoms with Crippen LogP contribution < -0.4 is 10.1 Å². The molecular weight excluding hydrogens is 266 g/mol. The molecule has 0 spiro atoms. The number of hydrogen-bond donors (Lipinski definition) is 1. The molecule has 0 radical (unpaired) electrons. The van der Waals surface area contributed by atoms with Crippen LogP contribution in [0.1, 0.15) is 43.7 Å². The van der Waals surface area contributed by atoms with Gasteiger partial charge in [0.25, 0.3) is 0 Å². The molecule has 0 aromatic heterocycles. The minimum atomic E-state index is 0.0435. The molecule has 1 N–H and O–H groups in total. The van der Waals surface area contributed by atoms with Gasteiger partial charge in [0.2, 0.25) is 5.91 Å². The van der Waals surface area contributed by atoms with Crippen LogP contribution >= 0.6 is 0 Å². The number of carbonyl (C=O) groups is 1. The van der Waals surface area contributed by atoms with Gasteiger partial charge >= 0.3 is 0 Å². The van der Waals surface area contributed by atoms with E-state index in [-0.39, 0.29) is 5.91 Å². The summed E-state index contributed by atoms with van der Waals surface area (Å²) in [5, 5.41) is 2.79. The Morgan fingerprint density at radius 3 is 2.67 bits per heavy atom. The van der Waals surface area contributed by atoms with E-state index in [2.05, 4.69) is 38.2 Å². The topological polar surface area (TPSA) is 47.6 Å². The van der Waals surface area contributed by atoms with Crippen molar-refractivity contribution >= 4 is 5.91 Å². The van der Waals surface area contributed by atoms with Crippen LogP contribution in [0.25, 0.3) is 0 Å². The van der Waals surface area contributed by atoms with Crippen molar-refractivity contribution < 1.29 is 14.3 Å². The second-order valence-electron chi connectivity index (χ2n) is 5.47. The Morgan fingerprint density at radius 2 is 2.05 bits per heavy atom. The Kier molecular flexibility index (Phi) is 7.83. The molecule has 1 rings (SSSR count). The predicted molar refractivity (Wildman–Crippen MR) is 84.9 cm³/mol. The molecule has 0 fully saturated rings. The zero-order valence-corrected chi connectivity index (χ0v) is 13.6. The maximum atomic E-state index is 11.5. The molecule has 118 valence electrons. The standard InChI is InChI=1S/C17H27NO3/c1-13(2)16-8-7-15(12-14(16)3)21-10-5-6-17(19)18-9-11-20-4/h7-8,12-13H,5-6,9-11H2,1-4H3,(H,18,19). The fourth-order valence-corrected chi connectivity index (χ4v) is 2.19. The average Bonchev–Trinajstić information content (AvgIpc) is 2.43. The summed E-state index contributed by atoms with van der Waals surface area (Å²) in [6, 6.07) is 6.18. The molecule has 0 atom stereocenters. The summed E-state index contributed by atoms with van der Waals surface area (Å²) < 4.78 is 10.6. The zero-order chi connectivity index (χ0) is 15.7. The summed E-state index contributed by atoms with van der Waals surface area (Å²) in [4.78, 5) is 11.5. The maximum Gasteiger partial charge on any atom is 0.220 e. The number of methoxy groups -OCH3 is 1. The van der Waals surface area contributed by atoms with E-state index in [9.17, 15) is 4.79 Å². The van der Waals surface area contributed by atoms with Crippen molar-refractivity contribution in [1.29, 1.82) is 0 Å². The van der Waals surface area contributed by atoms with E-state index in [4.69, 9.17) is 9.47 Å². The van der Waals surface area contributed by atoms with Gasteiger partial charge in [0.15, 0.2) is 0 Å². The van der Waals surface area contributed by atoms with Crippen molar-refractivity contribution in [2.45, 2.75) is 39.5 Å². The number of rotatable bonds is 9. The maximum absolute atomic E-state index is 11.5. The molecule has 0 aliphatic rings. The minimum Gasteiger partial charge on any atom is -0.494 e. The lowest BCUT2D eigenvalue weighted by Crippen LogP contribution is -2.26. The molecule has 0 heterocycles. The van der Waals surface area contributed by atoms with Gasteiger partial charge in [0.05, 0.1) is 13.2 Å². The number of nitrogens with one attached hydrogen (secondary N) is 1. The average molecular weight is 293 g/mol. The van der Waals surface area contributed by atoms with Crippen LogP contribution in [-0.2, 0) is 9.53 Å². The first kappa shape index (κ1) is 17.5. The van der Waals surface area contributed by atoms with Crippen LogP contribution in [0.3, 0.4) is 0 Å². The predicted octanol–water partition coefficient (Wildman–Crippen LogP) is 3.04. The van der Waals surface area contributed by atoms with Gasteiger partial charge in [-0.15, -0.1) is 0 Å². The van der Waals surface area contributed by atoms with Crippen LogP contribution in [-0.4, -0.2) is 32.8 Å². The molecule has 4 heteroatoms. The monoisotopic (exact) mass is 293 g/mol. The lowest BCUT2D eigenvalue weighted by atomic mass is 9.98. The van der Waals surface area contributed by atoms with Gasteiger partial charge in [-0.3, -0.25) is 4.79 Å². The molecule has 4 nitrogen and oxygen atoms in total. The van der Waals surface area contributed by atoms with Crippen molar-refractivity contribution in [3.63, 3.8) is 0 Å². The zero-order valence-electron chi connectivity index (χ0n) is 13.6. The third kappa shape index (κ3) is 6.63. The first-order valence-electron chi connectivity index (χ1n) is 7.53. The first-order chi connectivity index (χ1) is 10.0. The second kappa shape index (κ2) is 9.40. The van der Waals surface area contributed by atoms with Gasteiger partial charge in [-0.25, -0.2) is 0 Å². The molecular formula is C17H27NO3. The SMILES string of the molecule is COCCNC(=O)CCCOc1ccc(C(C)C)c(C)c1. The van der Waals surface area contributed by atoms with Gasteiger partial charge in [0.1, 0.15) is 5.75 Å². The summed E-state index contributed by atoms with van der Waals surface area (Å²) in [7, 11) is 1.62. The van der Waals surface area contributed by atoms with Crippen molar-refractivity contribution in [3.05, 3.63) is 29.3 Å². The van der Waals surface area contributed by atoms with Gasteiger partial charge in [-0.2, -0.15) is 0 Å². The molecule has 0 saturated heterocycles. The lowest BCUT2D eigenvalue weighted by molar-refractivity contribution is -0.121. The molecule has 21 heavy (non-hydrogen) atoms. The summed E-state index contributed by atoms with van der Waals surface area (Å²) >= 11 is 0. The summed E-state index contributed by atoms with van der Waals surface area (Å²) in [5.74, 6) is 1.44. The van der Waals surface area contributed by atoms with Gasteiger partial charge in [-0.05, 0) is 42.5 Å². The lowest BCUT2D eigenvalue weighted by Gasteiger charge is -2.12. The normalized spacial score (nSPS) is 10.7. The van der Waals surface area contributed by atoms with E-state index in [0.29, 0.717) is 38.5 Å². The minimum absolute atomic E-state index is 0.0435. The number of ether oxygens (including phenoxy) is 2. The van der Waals surface area contributed by atoms with E-state index in [1.807, 2.05) is 6.07 Å². The third-order valence-corrected chi connectivity index (χ3v) is 3.31. The van der Waals surface area contributed by atoms with Crippen LogP contribution in [0.2, 0.25) is 0 Å². The van der Waals surface area contributed by atoms with Gasteiger partial charge in [0, 0.05) is 20.1 Å². The Bertz CT molecular complexity index is 444. The highest BCUT2D eigenvalue weighted by Gasteiger charge is 2.05. The van der Waals surface area contributed by atoms with Crippen LogP contribution in [0, 0.1) is 6.92 Å². The molecule has 0 aliphatic carbocycles. The molecule has 0 bridgehead atoms. The van der Waals surface area contributed by atoms with Crippen molar-refractivity contribution in [3.8, 4) is 5.75 Å². The Morgan fingerprint density at radius 1 is 1.29 bits per heavy atom. The fraction of sp³-hybridized carbons (Fsp3) is 0.588. The molecule has 1 aromatic carbocycles. The number of amides is 1. The largest absolute Gasteiger partial charge is 0.494 e. The molecule has 0 aliphatic heterocycles. The third-order valence-electron chi connectivity index (χ3n) is 3.31. The molecule has 0 unspecified atom stereocenters. The van der Waals surface area contributed by atoms with Crippen LogP contribution in [0.4, 0.5) is 0 Å². The highest BCUT2D eigenvalue weighted by molar-refractivity contribution is 5.75. The van der Waals surface area contributed by atoms with E-state index in [0.717, 1.165) is 5.75 Å². The summed E-state index contributed by atoms with van der Waals surface area (Å²) in [6.07, 6.45) is 1.19. The summed E-state index contributed by atoms with van der Waals surface area (Å²) in [6.45, 7) is 8.13. The first-order valence-corrected chi connectivity index (χ1v) is 7.53. The fourth-order valence-electron chi connectivity index (χ4n) is 2.19. The Balaban J connectivity index is 2.27. The quantitative estimate of drug-likeness (QED) is 0.712. The Labute approximate surface area is 127 Å². The smallest absolute Gasteiger partial charge is 0.220 e. The Hall–Kier alpha value is -1.55. The van der Waals surface area contributed by atoms with E-state index < -0.39 is 0 Å². The number of aryl methyl sites for hydroxylation is 1. The highest BCUT2D eigenvalue weighted by Crippen LogP contribution is 2.23. The van der Waals surface area contributed by atoms with E-state index >= 15 is 0 Å². The van der Waals surface area contributed by atoms with Crippen molar-refractivity contribution in [2.75, 3.05) is 26.9 Å². The van der Waals surface area contributed by atoms with E-state index in [1.54, 1.807) is 7.11 Å². The van der Waals surface area contributed by atoms with Crippen molar-refractivity contribution in [2.24, 2.45) is 0 Å².